The van der Waals surface area contributed by atoms with Gasteiger partial charge in [0.15, 0.2) is 0 Å². The van der Waals surface area contributed by atoms with Crippen LogP contribution in [-0.2, 0) is 13.1 Å². The summed E-state index contributed by atoms with van der Waals surface area (Å²) in [6.45, 7) is 1.42. The molecule has 5 nitrogen and oxygen atoms in total. The quantitative estimate of drug-likeness (QED) is 0.416. The summed E-state index contributed by atoms with van der Waals surface area (Å²) in [5.74, 6) is -0.514. The van der Waals surface area contributed by atoms with Crippen LogP contribution in [0.4, 0.5) is 0 Å². The Balaban J connectivity index is 1.82. The van der Waals surface area contributed by atoms with Crippen LogP contribution in [0, 0.1) is 0 Å². The number of aromatic amines is 1. The number of rotatable bonds is 6. The van der Waals surface area contributed by atoms with Gasteiger partial charge in [-0.2, -0.15) is 0 Å². The molecule has 0 saturated carbocycles. The predicted octanol–water partition coefficient (Wildman–Crippen LogP) is 3.09. The van der Waals surface area contributed by atoms with Crippen molar-refractivity contribution in [2.24, 2.45) is 0 Å². The van der Waals surface area contributed by atoms with Crippen molar-refractivity contribution >= 4 is 5.91 Å². The standard InChI is InChI=1S/C19H19N3O2/c23-19(22-24)17-9-8-14(12-20-13-16-7-4-10-21-16)11-18(17)15-5-2-1-3-6-15/h1-11,20-21,24H,12-13H2,(H,22,23). The van der Waals surface area contributed by atoms with E-state index in [1.165, 1.54) is 0 Å². The first kappa shape index (κ1) is 16.0. The van der Waals surface area contributed by atoms with Gasteiger partial charge in [0.25, 0.3) is 5.91 Å². The highest BCUT2D eigenvalue weighted by Gasteiger charge is 2.13. The molecule has 0 aliphatic heterocycles. The van der Waals surface area contributed by atoms with Gasteiger partial charge in [0, 0.05) is 30.5 Å². The largest absolute Gasteiger partial charge is 0.364 e. The molecule has 0 fully saturated rings. The summed E-state index contributed by atoms with van der Waals surface area (Å²) in [5.41, 5.74) is 6.07. The van der Waals surface area contributed by atoms with Gasteiger partial charge >= 0.3 is 0 Å². The Bertz CT molecular complexity index is 799. The first-order valence-corrected chi connectivity index (χ1v) is 7.73. The first-order valence-electron chi connectivity index (χ1n) is 7.73. The summed E-state index contributed by atoms with van der Waals surface area (Å²) in [5, 5.41) is 12.3. The van der Waals surface area contributed by atoms with Crippen LogP contribution >= 0.6 is 0 Å². The monoisotopic (exact) mass is 321 g/mol. The molecule has 24 heavy (non-hydrogen) atoms. The van der Waals surface area contributed by atoms with Crippen LogP contribution in [0.5, 0.6) is 0 Å². The average molecular weight is 321 g/mol. The molecule has 4 N–H and O–H groups in total. The van der Waals surface area contributed by atoms with E-state index in [1.54, 1.807) is 11.5 Å². The Kier molecular flexibility index (Phi) is 5.05. The maximum atomic E-state index is 11.9. The third-order valence-corrected chi connectivity index (χ3v) is 3.82. The second kappa shape index (κ2) is 7.59. The molecular formula is C19H19N3O2. The maximum Gasteiger partial charge on any atom is 0.275 e. The van der Waals surface area contributed by atoms with Crippen LogP contribution in [0.2, 0.25) is 0 Å². The van der Waals surface area contributed by atoms with E-state index in [0.29, 0.717) is 12.1 Å². The molecule has 3 aromatic rings. The minimum absolute atomic E-state index is 0.441. The lowest BCUT2D eigenvalue weighted by Crippen LogP contribution is -2.20. The average Bonchev–Trinajstić information content (AvgIpc) is 3.15. The van der Waals surface area contributed by atoms with Crippen LogP contribution < -0.4 is 10.8 Å². The number of aromatic nitrogens is 1. The first-order chi connectivity index (χ1) is 11.8. The number of H-pyrrole nitrogens is 1. The maximum absolute atomic E-state index is 11.9. The Hall–Kier alpha value is -2.89. The lowest BCUT2D eigenvalue weighted by Gasteiger charge is -2.11. The molecule has 122 valence electrons. The van der Waals surface area contributed by atoms with Gasteiger partial charge in [0.2, 0.25) is 0 Å². The predicted molar refractivity (Wildman–Crippen MR) is 92.5 cm³/mol. The number of carbonyl (C=O) groups is 1. The zero-order valence-electron chi connectivity index (χ0n) is 13.1. The van der Waals surface area contributed by atoms with E-state index in [-0.39, 0.29) is 0 Å². The zero-order chi connectivity index (χ0) is 16.8. The van der Waals surface area contributed by atoms with E-state index < -0.39 is 5.91 Å². The second-order valence-electron chi connectivity index (χ2n) is 5.49. The number of hydrogen-bond donors (Lipinski definition) is 4. The van der Waals surface area contributed by atoms with E-state index in [0.717, 1.165) is 28.9 Å². The summed E-state index contributed by atoms with van der Waals surface area (Å²) < 4.78 is 0. The zero-order valence-corrected chi connectivity index (χ0v) is 13.1. The summed E-state index contributed by atoms with van der Waals surface area (Å²) in [4.78, 5) is 15.1. The SMILES string of the molecule is O=C(NO)c1ccc(CNCc2ccc[nH]2)cc1-c1ccccc1. The van der Waals surface area contributed by atoms with Crippen LogP contribution in [0.15, 0.2) is 66.9 Å². The Morgan fingerprint density at radius 2 is 1.83 bits per heavy atom. The van der Waals surface area contributed by atoms with Crippen molar-refractivity contribution in [2.75, 3.05) is 0 Å². The van der Waals surface area contributed by atoms with Crippen LogP contribution in [0.3, 0.4) is 0 Å². The van der Waals surface area contributed by atoms with Gasteiger partial charge in [0.1, 0.15) is 0 Å². The molecule has 0 radical (unpaired) electrons. The highest BCUT2D eigenvalue weighted by Crippen LogP contribution is 2.25. The smallest absolute Gasteiger partial charge is 0.275 e. The third kappa shape index (κ3) is 3.71. The third-order valence-electron chi connectivity index (χ3n) is 3.82. The summed E-state index contributed by atoms with van der Waals surface area (Å²) >= 11 is 0. The summed E-state index contributed by atoms with van der Waals surface area (Å²) in [6, 6.07) is 19.2. The molecule has 1 heterocycles. The van der Waals surface area contributed by atoms with Crippen molar-refractivity contribution in [3.63, 3.8) is 0 Å². The van der Waals surface area contributed by atoms with Crippen LogP contribution in [0.1, 0.15) is 21.6 Å². The fourth-order valence-corrected chi connectivity index (χ4v) is 2.64. The van der Waals surface area contributed by atoms with Gasteiger partial charge in [-0.15, -0.1) is 0 Å². The van der Waals surface area contributed by atoms with E-state index >= 15 is 0 Å². The van der Waals surface area contributed by atoms with E-state index in [9.17, 15) is 4.79 Å². The van der Waals surface area contributed by atoms with Gasteiger partial charge in [-0.05, 0) is 41.0 Å². The molecule has 0 aliphatic rings. The van der Waals surface area contributed by atoms with E-state index in [1.807, 2.05) is 60.8 Å². The Labute approximate surface area is 140 Å². The van der Waals surface area contributed by atoms with Crippen molar-refractivity contribution in [2.45, 2.75) is 13.1 Å². The van der Waals surface area contributed by atoms with Crippen LogP contribution in [-0.4, -0.2) is 16.1 Å². The number of hydroxylamine groups is 1. The molecule has 0 saturated heterocycles. The Morgan fingerprint density at radius 1 is 1.00 bits per heavy atom. The molecule has 0 spiro atoms. The number of hydrogen-bond acceptors (Lipinski definition) is 3. The molecule has 5 heteroatoms. The highest BCUT2D eigenvalue weighted by molar-refractivity contribution is 6.00. The topological polar surface area (TPSA) is 77.2 Å². The van der Waals surface area contributed by atoms with Gasteiger partial charge in [0.05, 0.1) is 0 Å². The summed E-state index contributed by atoms with van der Waals surface area (Å²) in [7, 11) is 0. The number of benzene rings is 2. The molecule has 3 rings (SSSR count). The van der Waals surface area contributed by atoms with E-state index in [2.05, 4.69) is 10.3 Å². The lowest BCUT2D eigenvalue weighted by atomic mass is 9.97. The molecule has 2 aromatic carbocycles. The second-order valence-corrected chi connectivity index (χ2v) is 5.49. The van der Waals surface area contributed by atoms with Gasteiger partial charge in [-0.3, -0.25) is 10.0 Å². The van der Waals surface area contributed by atoms with Crippen molar-refractivity contribution < 1.29 is 10.0 Å². The normalized spacial score (nSPS) is 10.5. The molecule has 0 unspecified atom stereocenters. The van der Waals surface area contributed by atoms with Crippen molar-refractivity contribution in [3.8, 4) is 11.1 Å². The Morgan fingerprint density at radius 3 is 2.54 bits per heavy atom. The molecule has 0 atom stereocenters. The fraction of sp³-hybridized carbons (Fsp3) is 0.105. The molecule has 1 aromatic heterocycles. The molecule has 1 amide bonds. The van der Waals surface area contributed by atoms with Gasteiger partial charge in [-0.1, -0.05) is 36.4 Å². The number of carbonyl (C=O) groups excluding carboxylic acids is 1. The van der Waals surface area contributed by atoms with E-state index in [4.69, 9.17) is 5.21 Å². The van der Waals surface area contributed by atoms with Crippen molar-refractivity contribution in [3.05, 3.63) is 83.7 Å². The molecule has 0 aliphatic carbocycles. The number of nitrogens with one attached hydrogen (secondary N) is 3. The minimum atomic E-state index is -0.514. The highest BCUT2D eigenvalue weighted by atomic mass is 16.5. The van der Waals surface area contributed by atoms with Crippen LogP contribution in [0.25, 0.3) is 11.1 Å². The van der Waals surface area contributed by atoms with Gasteiger partial charge < -0.3 is 10.3 Å². The lowest BCUT2D eigenvalue weighted by molar-refractivity contribution is 0.0707. The van der Waals surface area contributed by atoms with Gasteiger partial charge in [-0.25, -0.2) is 5.48 Å². The van der Waals surface area contributed by atoms with Crippen molar-refractivity contribution in [1.82, 2.24) is 15.8 Å². The fourth-order valence-electron chi connectivity index (χ4n) is 2.64. The minimum Gasteiger partial charge on any atom is -0.364 e. The molecular weight excluding hydrogens is 302 g/mol. The van der Waals surface area contributed by atoms with Crippen molar-refractivity contribution in [1.29, 1.82) is 0 Å². The number of amides is 1. The molecule has 0 bridgehead atoms. The summed E-state index contributed by atoms with van der Waals surface area (Å²) in [6.07, 6.45) is 1.90.